The molecule has 2 heterocycles. The van der Waals surface area contributed by atoms with E-state index in [9.17, 15) is 26.7 Å². The van der Waals surface area contributed by atoms with Crippen LogP contribution in [0.5, 0.6) is 5.75 Å². The van der Waals surface area contributed by atoms with Crippen molar-refractivity contribution in [1.29, 1.82) is 0 Å². The van der Waals surface area contributed by atoms with Crippen LogP contribution in [0.2, 0.25) is 0 Å². The average molecular weight is 511 g/mol. The number of ether oxygens (including phenoxy) is 1. The van der Waals surface area contributed by atoms with Crippen LogP contribution in [0.25, 0.3) is 0 Å². The fourth-order valence-corrected chi connectivity index (χ4v) is 6.24. The number of oxazole rings is 1. The number of aromatic nitrogens is 1. The van der Waals surface area contributed by atoms with Gasteiger partial charge in [-0.05, 0) is 37.0 Å². The lowest BCUT2D eigenvalue weighted by atomic mass is 9.75. The van der Waals surface area contributed by atoms with Crippen molar-refractivity contribution in [3.63, 3.8) is 0 Å². The molecular formula is C25H26F5N3O3. The third-order valence-corrected chi connectivity index (χ3v) is 8.58. The first-order valence-corrected chi connectivity index (χ1v) is 12.3. The molecule has 6 nitrogen and oxygen atoms in total. The van der Waals surface area contributed by atoms with Crippen molar-refractivity contribution in [1.82, 2.24) is 4.98 Å². The van der Waals surface area contributed by atoms with E-state index in [1.165, 1.54) is 0 Å². The van der Waals surface area contributed by atoms with E-state index in [0.29, 0.717) is 36.8 Å². The Hall–Kier alpha value is -2.85. The molecular weight excluding hydrogens is 485 g/mol. The zero-order valence-electron chi connectivity index (χ0n) is 19.8. The molecule has 3 atom stereocenters. The number of benzene rings is 1. The van der Waals surface area contributed by atoms with Gasteiger partial charge >= 0.3 is 6.18 Å². The van der Waals surface area contributed by atoms with Gasteiger partial charge in [0.05, 0.1) is 0 Å². The summed E-state index contributed by atoms with van der Waals surface area (Å²) >= 11 is 0. The van der Waals surface area contributed by atoms with Crippen molar-refractivity contribution in [2.24, 2.45) is 29.1 Å². The summed E-state index contributed by atoms with van der Waals surface area (Å²) in [5.74, 6) is -1.87. The van der Waals surface area contributed by atoms with Crippen molar-refractivity contribution in [2.45, 2.75) is 51.8 Å². The molecule has 1 aromatic heterocycles. The molecule has 3 unspecified atom stereocenters. The summed E-state index contributed by atoms with van der Waals surface area (Å²) in [6.07, 6.45) is -3.76. The lowest BCUT2D eigenvalue weighted by molar-refractivity contribution is -0.130. The molecule has 36 heavy (non-hydrogen) atoms. The fraction of sp³-hybridized carbons (Fsp3) is 0.600. The molecule has 4 aliphatic carbocycles. The van der Waals surface area contributed by atoms with Crippen LogP contribution in [0.3, 0.4) is 0 Å². The summed E-state index contributed by atoms with van der Waals surface area (Å²) in [6.45, 7) is 5.18. The van der Waals surface area contributed by atoms with Gasteiger partial charge in [-0.1, -0.05) is 13.8 Å². The highest BCUT2D eigenvalue weighted by Crippen LogP contribution is 2.82. The molecule has 2 aromatic rings. The SMILES string of the molecule is CCC1(CC)CN(c2nc(C(=O)Nc3cc(F)c(OC4CC5C6C4C56)c(F)c3)c(CC(F)(F)F)o2)C1. The molecule has 11 heteroatoms. The Kier molecular flexibility index (Phi) is 5.12. The largest absolute Gasteiger partial charge is 0.484 e. The van der Waals surface area contributed by atoms with Crippen LogP contribution in [0.15, 0.2) is 16.5 Å². The highest BCUT2D eigenvalue weighted by Gasteiger charge is 2.81. The number of halogens is 5. The molecule has 0 spiro atoms. The zero-order chi connectivity index (χ0) is 25.6. The first kappa shape index (κ1) is 23.5. The number of alkyl halides is 3. The smallest absolute Gasteiger partial charge is 0.396 e. The minimum absolute atomic E-state index is 0.0280. The second-order valence-electron chi connectivity index (χ2n) is 10.6. The molecule has 7 rings (SSSR count). The Morgan fingerprint density at radius 1 is 1.17 bits per heavy atom. The van der Waals surface area contributed by atoms with Crippen LogP contribution in [0, 0.1) is 40.7 Å². The molecule has 1 N–H and O–H groups in total. The van der Waals surface area contributed by atoms with E-state index < -0.39 is 47.3 Å². The topological polar surface area (TPSA) is 67.6 Å². The molecule has 194 valence electrons. The van der Waals surface area contributed by atoms with Gasteiger partial charge < -0.3 is 19.4 Å². The number of nitrogens with one attached hydrogen (secondary N) is 1. The van der Waals surface area contributed by atoms with Gasteiger partial charge in [-0.15, -0.1) is 0 Å². The zero-order valence-corrected chi connectivity index (χ0v) is 19.8. The summed E-state index contributed by atoms with van der Waals surface area (Å²) in [7, 11) is 0. The number of hydrogen-bond donors (Lipinski definition) is 1. The molecule has 1 amide bonds. The van der Waals surface area contributed by atoms with E-state index in [1.807, 2.05) is 13.8 Å². The Morgan fingerprint density at radius 2 is 1.81 bits per heavy atom. The summed E-state index contributed by atoms with van der Waals surface area (Å²) < 4.78 is 79.7. The van der Waals surface area contributed by atoms with Crippen molar-refractivity contribution in [3.05, 3.63) is 35.2 Å². The monoisotopic (exact) mass is 511 g/mol. The maximum absolute atomic E-state index is 14.7. The van der Waals surface area contributed by atoms with Crippen LogP contribution in [-0.2, 0) is 6.42 Å². The Morgan fingerprint density at radius 3 is 2.33 bits per heavy atom. The quantitative estimate of drug-likeness (QED) is 0.469. The number of anilines is 2. The van der Waals surface area contributed by atoms with E-state index in [0.717, 1.165) is 31.4 Å². The molecule has 5 aliphatic rings. The number of carbonyl (C=O) groups is 1. The molecule has 1 aliphatic heterocycles. The van der Waals surface area contributed by atoms with Gasteiger partial charge in [0, 0.05) is 42.2 Å². The van der Waals surface area contributed by atoms with Gasteiger partial charge in [-0.2, -0.15) is 18.2 Å². The summed E-state index contributed by atoms with van der Waals surface area (Å²) in [4.78, 5) is 18.6. The fourth-order valence-electron chi connectivity index (χ4n) is 6.24. The number of amides is 1. The van der Waals surface area contributed by atoms with Gasteiger partial charge in [0.15, 0.2) is 23.1 Å². The number of carbonyl (C=O) groups excluding carboxylic acids is 1. The minimum Gasteiger partial charge on any atom is -0.484 e. The maximum Gasteiger partial charge on any atom is 0.396 e. The highest BCUT2D eigenvalue weighted by atomic mass is 19.4. The Balaban J connectivity index is 1.19. The lowest BCUT2D eigenvalue weighted by Gasteiger charge is -2.49. The van der Waals surface area contributed by atoms with Crippen molar-refractivity contribution in [3.8, 4) is 5.75 Å². The van der Waals surface area contributed by atoms with E-state index in [2.05, 4.69) is 10.3 Å². The van der Waals surface area contributed by atoms with Gasteiger partial charge in [-0.25, -0.2) is 8.78 Å². The van der Waals surface area contributed by atoms with E-state index in [1.54, 1.807) is 4.90 Å². The number of fused-ring (bicyclic) bond motifs is 1. The molecule has 2 bridgehead atoms. The van der Waals surface area contributed by atoms with Crippen LogP contribution in [0.4, 0.5) is 33.7 Å². The van der Waals surface area contributed by atoms with Crippen LogP contribution in [-0.4, -0.2) is 36.3 Å². The highest BCUT2D eigenvalue weighted by molar-refractivity contribution is 6.03. The van der Waals surface area contributed by atoms with Gasteiger partial charge in [0.2, 0.25) is 0 Å². The van der Waals surface area contributed by atoms with E-state index >= 15 is 0 Å². The van der Waals surface area contributed by atoms with Crippen LogP contribution in [0.1, 0.15) is 49.4 Å². The normalized spacial score (nSPS) is 29.0. The first-order chi connectivity index (χ1) is 17.0. The second-order valence-corrected chi connectivity index (χ2v) is 10.6. The summed E-state index contributed by atoms with van der Waals surface area (Å²) in [5.41, 5.74) is -0.797. The number of hydrogen-bond acceptors (Lipinski definition) is 5. The maximum atomic E-state index is 14.7. The molecule has 5 fully saturated rings. The molecule has 1 saturated heterocycles. The van der Waals surface area contributed by atoms with E-state index in [-0.39, 0.29) is 23.2 Å². The van der Waals surface area contributed by atoms with Gasteiger partial charge in [0.25, 0.3) is 11.9 Å². The Bertz CT molecular complexity index is 1180. The van der Waals surface area contributed by atoms with Gasteiger partial charge in [-0.3, -0.25) is 4.79 Å². The second kappa shape index (κ2) is 7.82. The standard InChI is InChI=1S/C25H26F5N3O3/c1-3-24(4-2)9-33(10-24)23-32-20(16(36-23)8-25(28,29)30)22(34)31-11-5-13(26)21(14(27)6-11)35-15-7-12-17-18(12)19(15)17/h5-6,12,15,17-19H,3-4,7-10H2,1-2H3,(H,31,34). The number of nitrogens with zero attached hydrogens (tertiary/aromatic N) is 2. The van der Waals surface area contributed by atoms with Crippen LogP contribution < -0.4 is 15.0 Å². The van der Waals surface area contributed by atoms with E-state index in [4.69, 9.17) is 9.15 Å². The molecule has 1 aromatic carbocycles. The third kappa shape index (κ3) is 3.82. The minimum atomic E-state index is -4.64. The lowest BCUT2D eigenvalue weighted by Crippen LogP contribution is -2.56. The average Bonchev–Trinajstić information content (AvgIpc) is 3.49. The summed E-state index contributed by atoms with van der Waals surface area (Å²) in [6, 6.07) is 1.70. The third-order valence-electron chi connectivity index (χ3n) is 8.58. The molecule has 0 radical (unpaired) electrons. The van der Waals surface area contributed by atoms with Crippen molar-refractivity contribution >= 4 is 17.6 Å². The number of rotatable bonds is 8. The van der Waals surface area contributed by atoms with Gasteiger partial charge in [0.1, 0.15) is 18.3 Å². The van der Waals surface area contributed by atoms with Crippen molar-refractivity contribution < 1.29 is 35.9 Å². The van der Waals surface area contributed by atoms with Crippen LogP contribution >= 0.6 is 0 Å². The summed E-state index contributed by atoms with van der Waals surface area (Å²) in [5, 5.41) is 2.25. The molecule has 4 saturated carbocycles. The first-order valence-electron chi connectivity index (χ1n) is 12.3. The van der Waals surface area contributed by atoms with Crippen molar-refractivity contribution in [2.75, 3.05) is 23.3 Å². The predicted octanol–water partition coefficient (Wildman–Crippen LogP) is 5.58. The Labute approximate surface area is 204 Å². The predicted molar refractivity (Wildman–Crippen MR) is 119 cm³/mol.